The highest BCUT2D eigenvalue weighted by Gasteiger charge is 2.42. The predicted molar refractivity (Wildman–Crippen MR) is 89.9 cm³/mol. The van der Waals surface area contributed by atoms with Gasteiger partial charge in [-0.3, -0.25) is 4.90 Å². The molecule has 1 atom stereocenters. The Balaban J connectivity index is 1.90. The number of nitrogens with zero attached hydrogens (tertiary/aromatic N) is 1. The zero-order valence-corrected chi connectivity index (χ0v) is 13.8. The van der Waals surface area contributed by atoms with Crippen molar-refractivity contribution in [1.82, 2.24) is 10.2 Å². The van der Waals surface area contributed by atoms with E-state index >= 15 is 0 Å². The Morgan fingerprint density at radius 3 is 2.81 bits per heavy atom. The maximum absolute atomic E-state index is 6.23. The summed E-state index contributed by atoms with van der Waals surface area (Å²) in [6, 6.07) is 8.98. The molecule has 1 aromatic carbocycles. The molecule has 1 aromatic rings. The molecule has 1 N–H and O–H groups in total. The fourth-order valence-electron chi connectivity index (χ4n) is 4.37. The van der Waals surface area contributed by atoms with Crippen LogP contribution in [0.15, 0.2) is 24.3 Å². The second-order valence-corrected chi connectivity index (χ2v) is 7.07. The summed E-state index contributed by atoms with van der Waals surface area (Å²) in [5.74, 6) is 0. The van der Waals surface area contributed by atoms with Gasteiger partial charge in [-0.05, 0) is 37.0 Å². The van der Waals surface area contributed by atoms with E-state index in [1.807, 2.05) is 6.07 Å². The largest absolute Gasteiger partial charge is 0.314 e. The molecule has 1 saturated carbocycles. The van der Waals surface area contributed by atoms with E-state index in [4.69, 9.17) is 11.6 Å². The minimum Gasteiger partial charge on any atom is -0.314 e. The highest BCUT2D eigenvalue weighted by atomic mass is 35.5. The summed E-state index contributed by atoms with van der Waals surface area (Å²) >= 11 is 6.23. The lowest BCUT2D eigenvalue weighted by Gasteiger charge is -2.53. The summed E-state index contributed by atoms with van der Waals surface area (Å²) in [4.78, 5) is 2.80. The minimum atomic E-state index is 0.374. The number of piperazine rings is 1. The second-order valence-electron chi connectivity index (χ2n) is 6.63. The van der Waals surface area contributed by atoms with Crippen molar-refractivity contribution in [3.05, 3.63) is 34.9 Å². The summed E-state index contributed by atoms with van der Waals surface area (Å²) in [6.07, 6.45) is 8.01. The van der Waals surface area contributed by atoms with Crippen LogP contribution in [0.3, 0.4) is 0 Å². The Kier molecular flexibility index (Phi) is 4.88. The van der Waals surface area contributed by atoms with E-state index in [-0.39, 0.29) is 0 Å². The first-order valence-electron chi connectivity index (χ1n) is 8.48. The molecule has 0 amide bonds. The fraction of sp³-hybridized carbons (Fsp3) is 0.667. The average Bonchev–Trinajstić information content (AvgIpc) is 2.51. The van der Waals surface area contributed by atoms with Gasteiger partial charge >= 0.3 is 0 Å². The van der Waals surface area contributed by atoms with Gasteiger partial charge in [-0.2, -0.15) is 0 Å². The van der Waals surface area contributed by atoms with Gasteiger partial charge in [0.25, 0.3) is 0 Å². The SMILES string of the molecule is CCC(c1cccc(Cl)c1)N1CCNCC12CCCCC2. The Morgan fingerprint density at radius 2 is 2.10 bits per heavy atom. The molecule has 1 saturated heterocycles. The van der Waals surface area contributed by atoms with E-state index in [0.29, 0.717) is 11.6 Å². The number of hydrogen-bond donors (Lipinski definition) is 1. The third-order valence-electron chi connectivity index (χ3n) is 5.37. The van der Waals surface area contributed by atoms with Crippen molar-refractivity contribution in [3.63, 3.8) is 0 Å². The maximum Gasteiger partial charge on any atom is 0.0409 e. The average molecular weight is 307 g/mol. The first-order chi connectivity index (χ1) is 10.2. The van der Waals surface area contributed by atoms with Crippen LogP contribution in [0.4, 0.5) is 0 Å². The molecule has 21 heavy (non-hydrogen) atoms. The normalized spacial score (nSPS) is 24.1. The number of rotatable bonds is 3. The van der Waals surface area contributed by atoms with Crippen LogP contribution in [0, 0.1) is 0 Å². The number of benzene rings is 1. The molecule has 0 aromatic heterocycles. The summed E-state index contributed by atoms with van der Waals surface area (Å²) in [7, 11) is 0. The zero-order valence-electron chi connectivity index (χ0n) is 13.1. The monoisotopic (exact) mass is 306 g/mol. The fourth-order valence-corrected chi connectivity index (χ4v) is 4.57. The van der Waals surface area contributed by atoms with Crippen LogP contribution in [-0.4, -0.2) is 30.1 Å². The standard InChI is InChI=1S/C18H27ClN2/c1-2-17(15-7-6-8-16(19)13-15)21-12-11-20-14-18(21)9-4-3-5-10-18/h6-8,13,17,20H,2-5,9-12,14H2,1H3. The first-order valence-corrected chi connectivity index (χ1v) is 8.86. The molecule has 2 fully saturated rings. The summed E-state index contributed by atoms with van der Waals surface area (Å²) in [5.41, 5.74) is 1.76. The molecular formula is C18H27ClN2. The molecule has 2 nitrogen and oxygen atoms in total. The van der Waals surface area contributed by atoms with E-state index in [0.717, 1.165) is 31.1 Å². The van der Waals surface area contributed by atoms with Crippen molar-refractivity contribution in [2.45, 2.75) is 57.0 Å². The lowest BCUT2D eigenvalue weighted by Crippen LogP contribution is -2.62. The third-order valence-corrected chi connectivity index (χ3v) is 5.61. The second kappa shape index (κ2) is 6.68. The van der Waals surface area contributed by atoms with Crippen LogP contribution in [0.5, 0.6) is 0 Å². The highest BCUT2D eigenvalue weighted by Crippen LogP contribution is 2.41. The Bertz CT molecular complexity index is 460. The molecule has 1 aliphatic heterocycles. The van der Waals surface area contributed by atoms with Crippen LogP contribution in [-0.2, 0) is 0 Å². The van der Waals surface area contributed by atoms with Gasteiger partial charge in [0.2, 0.25) is 0 Å². The number of halogens is 1. The van der Waals surface area contributed by atoms with Crippen LogP contribution in [0.2, 0.25) is 5.02 Å². The molecule has 0 radical (unpaired) electrons. The first kappa shape index (κ1) is 15.3. The summed E-state index contributed by atoms with van der Waals surface area (Å²) in [6.45, 7) is 5.73. The van der Waals surface area contributed by atoms with Crippen LogP contribution < -0.4 is 5.32 Å². The molecule has 3 heteroatoms. The highest BCUT2D eigenvalue weighted by molar-refractivity contribution is 6.30. The molecule has 2 aliphatic rings. The van der Waals surface area contributed by atoms with Crippen molar-refractivity contribution in [2.75, 3.05) is 19.6 Å². The van der Waals surface area contributed by atoms with Crippen LogP contribution in [0.1, 0.15) is 57.1 Å². The summed E-state index contributed by atoms with van der Waals surface area (Å²) in [5, 5.41) is 4.51. The van der Waals surface area contributed by atoms with E-state index < -0.39 is 0 Å². The molecule has 3 rings (SSSR count). The van der Waals surface area contributed by atoms with Gasteiger partial charge < -0.3 is 5.32 Å². The molecule has 0 bridgehead atoms. The van der Waals surface area contributed by atoms with Gasteiger partial charge in [-0.1, -0.05) is 49.9 Å². The lowest BCUT2D eigenvalue weighted by atomic mass is 9.77. The van der Waals surface area contributed by atoms with Crippen molar-refractivity contribution in [1.29, 1.82) is 0 Å². The third kappa shape index (κ3) is 3.13. The molecular weight excluding hydrogens is 280 g/mol. The van der Waals surface area contributed by atoms with Gasteiger partial charge in [0.1, 0.15) is 0 Å². The Morgan fingerprint density at radius 1 is 1.29 bits per heavy atom. The van der Waals surface area contributed by atoms with Gasteiger partial charge in [-0.15, -0.1) is 0 Å². The smallest absolute Gasteiger partial charge is 0.0409 e. The Labute approximate surface area is 133 Å². The molecule has 1 spiro atoms. The van der Waals surface area contributed by atoms with E-state index in [1.165, 1.54) is 37.7 Å². The number of hydrogen-bond acceptors (Lipinski definition) is 2. The maximum atomic E-state index is 6.23. The van der Waals surface area contributed by atoms with Gasteiger partial charge in [0.05, 0.1) is 0 Å². The van der Waals surface area contributed by atoms with Crippen molar-refractivity contribution in [3.8, 4) is 0 Å². The van der Waals surface area contributed by atoms with Crippen molar-refractivity contribution >= 4 is 11.6 Å². The van der Waals surface area contributed by atoms with Crippen LogP contribution in [0.25, 0.3) is 0 Å². The van der Waals surface area contributed by atoms with Gasteiger partial charge in [0.15, 0.2) is 0 Å². The van der Waals surface area contributed by atoms with Crippen molar-refractivity contribution < 1.29 is 0 Å². The quantitative estimate of drug-likeness (QED) is 0.890. The van der Waals surface area contributed by atoms with E-state index in [2.05, 4.69) is 35.3 Å². The molecule has 1 heterocycles. The zero-order chi connectivity index (χ0) is 14.7. The lowest BCUT2D eigenvalue weighted by molar-refractivity contribution is -0.00976. The Hall–Kier alpha value is -0.570. The molecule has 1 aliphatic carbocycles. The van der Waals surface area contributed by atoms with Gasteiger partial charge in [-0.25, -0.2) is 0 Å². The molecule has 116 valence electrons. The minimum absolute atomic E-state index is 0.374. The van der Waals surface area contributed by atoms with E-state index in [9.17, 15) is 0 Å². The molecule has 1 unspecified atom stereocenters. The van der Waals surface area contributed by atoms with Gasteiger partial charge in [0, 0.05) is 36.2 Å². The van der Waals surface area contributed by atoms with E-state index in [1.54, 1.807) is 0 Å². The topological polar surface area (TPSA) is 15.3 Å². The number of nitrogens with one attached hydrogen (secondary N) is 1. The van der Waals surface area contributed by atoms with Crippen LogP contribution >= 0.6 is 11.6 Å². The predicted octanol–water partition coefficient (Wildman–Crippen LogP) is 4.40. The van der Waals surface area contributed by atoms with Crippen molar-refractivity contribution in [2.24, 2.45) is 0 Å². The summed E-state index contributed by atoms with van der Waals surface area (Å²) < 4.78 is 0.